The highest BCUT2D eigenvalue weighted by Crippen LogP contribution is 2.15. The fourth-order valence-electron chi connectivity index (χ4n) is 2.05. The van der Waals surface area contributed by atoms with Gasteiger partial charge in [-0.15, -0.1) is 0 Å². The summed E-state index contributed by atoms with van der Waals surface area (Å²) in [6.07, 6.45) is 2.12. The summed E-state index contributed by atoms with van der Waals surface area (Å²) in [6.45, 7) is 5.65. The summed E-state index contributed by atoms with van der Waals surface area (Å²) < 4.78 is 5.31. The third kappa shape index (κ3) is 4.18. The Kier molecular flexibility index (Phi) is 5.31. The van der Waals surface area contributed by atoms with Gasteiger partial charge in [-0.2, -0.15) is 0 Å². The first-order valence-electron chi connectivity index (χ1n) is 6.97. The predicted molar refractivity (Wildman–Crippen MR) is 78.7 cm³/mol. The van der Waals surface area contributed by atoms with Crippen molar-refractivity contribution in [2.45, 2.75) is 13.3 Å². The molecule has 1 aliphatic heterocycles. The molecule has 2 heterocycles. The Morgan fingerprint density at radius 3 is 2.85 bits per heavy atom. The van der Waals surface area contributed by atoms with Crippen LogP contribution in [0.4, 0.5) is 11.5 Å². The number of nitrogens with zero attached hydrogens (tertiary/aromatic N) is 2. The van der Waals surface area contributed by atoms with Gasteiger partial charge in [0.2, 0.25) is 5.91 Å². The van der Waals surface area contributed by atoms with Crippen LogP contribution in [0.1, 0.15) is 13.3 Å². The molecule has 0 saturated carbocycles. The van der Waals surface area contributed by atoms with Crippen molar-refractivity contribution in [1.82, 2.24) is 4.98 Å². The first-order chi connectivity index (χ1) is 9.69. The van der Waals surface area contributed by atoms with Crippen LogP contribution in [0.15, 0.2) is 18.3 Å². The summed E-state index contributed by atoms with van der Waals surface area (Å²) in [5, 5.41) is 2.84. The van der Waals surface area contributed by atoms with Gasteiger partial charge in [-0.1, -0.05) is 6.92 Å². The lowest BCUT2D eigenvalue weighted by Gasteiger charge is -2.27. The van der Waals surface area contributed by atoms with Crippen molar-refractivity contribution < 1.29 is 9.53 Å². The summed E-state index contributed by atoms with van der Waals surface area (Å²) in [5.41, 5.74) is 6.23. The Labute approximate surface area is 119 Å². The first-order valence-corrected chi connectivity index (χ1v) is 6.97. The molecule has 0 aromatic carbocycles. The largest absolute Gasteiger partial charge is 0.378 e. The maximum absolute atomic E-state index is 11.7. The number of pyridine rings is 1. The Morgan fingerprint density at radius 1 is 1.50 bits per heavy atom. The van der Waals surface area contributed by atoms with E-state index < -0.39 is 0 Å². The molecule has 1 saturated heterocycles. The molecule has 0 aliphatic carbocycles. The molecule has 1 aliphatic rings. The zero-order valence-electron chi connectivity index (χ0n) is 11.8. The average molecular weight is 278 g/mol. The van der Waals surface area contributed by atoms with E-state index in [1.165, 1.54) is 0 Å². The maximum atomic E-state index is 11.7. The number of nitrogens with one attached hydrogen (secondary N) is 1. The molecular weight excluding hydrogens is 256 g/mol. The molecule has 1 aromatic rings. The number of morpholine rings is 1. The van der Waals surface area contributed by atoms with Gasteiger partial charge in [-0.25, -0.2) is 4.98 Å². The molecular formula is C14H22N4O2. The molecule has 3 N–H and O–H groups in total. The first kappa shape index (κ1) is 14.7. The number of aromatic nitrogens is 1. The summed E-state index contributed by atoms with van der Waals surface area (Å²) >= 11 is 0. The number of anilines is 2. The van der Waals surface area contributed by atoms with Crippen molar-refractivity contribution in [1.29, 1.82) is 0 Å². The van der Waals surface area contributed by atoms with Crippen LogP contribution in [-0.2, 0) is 9.53 Å². The zero-order valence-corrected chi connectivity index (χ0v) is 11.8. The van der Waals surface area contributed by atoms with Crippen molar-refractivity contribution in [2.24, 2.45) is 11.7 Å². The molecule has 1 amide bonds. The van der Waals surface area contributed by atoms with Crippen molar-refractivity contribution in [3.8, 4) is 0 Å². The maximum Gasteiger partial charge on any atom is 0.224 e. The molecule has 6 heteroatoms. The Hall–Kier alpha value is -1.66. The van der Waals surface area contributed by atoms with Gasteiger partial charge in [-0.05, 0) is 24.6 Å². The Bertz CT molecular complexity index is 429. The number of rotatable bonds is 5. The lowest BCUT2D eigenvalue weighted by molar-refractivity contribution is -0.116. The second-order valence-corrected chi connectivity index (χ2v) is 5.10. The number of carbonyl (C=O) groups is 1. The fraction of sp³-hybridized carbons (Fsp3) is 0.571. The molecule has 2 rings (SSSR count). The molecule has 1 atom stereocenters. The van der Waals surface area contributed by atoms with E-state index in [2.05, 4.69) is 15.2 Å². The van der Waals surface area contributed by atoms with Gasteiger partial charge in [0, 0.05) is 19.5 Å². The smallest absolute Gasteiger partial charge is 0.224 e. The van der Waals surface area contributed by atoms with E-state index in [0.29, 0.717) is 13.0 Å². The van der Waals surface area contributed by atoms with Gasteiger partial charge >= 0.3 is 0 Å². The average Bonchev–Trinajstić information content (AvgIpc) is 2.48. The highest BCUT2D eigenvalue weighted by Gasteiger charge is 2.12. The second kappa shape index (κ2) is 7.21. The minimum absolute atomic E-state index is 0.0242. The fourth-order valence-corrected chi connectivity index (χ4v) is 2.05. The lowest BCUT2D eigenvalue weighted by Crippen LogP contribution is -2.36. The van der Waals surface area contributed by atoms with E-state index in [1.54, 1.807) is 6.20 Å². The topological polar surface area (TPSA) is 80.5 Å². The minimum atomic E-state index is -0.0242. The highest BCUT2D eigenvalue weighted by molar-refractivity contribution is 5.90. The summed E-state index contributed by atoms with van der Waals surface area (Å²) in [5.74, 6) is 1.08. The van der Waals surface area contributed by atoms with Crippen LogP contribution >= 0.6 is 0 Å². The lowest BCUT2D eigenvalue weighted by atomic mass is 10.1. The molecule has 0 bridgehead atoms. The number of nitrogens with two attached hydrogens (primary N) is 1. The third-order valence-corrected chi connectivity index (χ3v) is 3.30. The molecule has 0 radical (unpaired) electrons. The van der Waals surface area contributed by atoms with E-state index in [-0.39, 0.29) is 11.8 Å². The van der Waals surface area contributed by atoms with Crippen LogP contribution in [-0.4, -0.2) is 43.7 Å². The molecule has 1 unspecified atom stereocenters. The van der Waals surface area contributed by atoms with Crippen LogP contribution in [0.2, 0.25) is 0 Å². The number of hydrogen-bond donors (Lipinski definition) is 2. The van der Waals surface area contributed by atoms with E-state index in [0.717, 1.165) is 37.8 Å². The van der Waals surface area contributed by atoms with Crippen LogP contribution in [0.3, 0.4) is 0 Å². The van der Waals surface area contributed by atoms with Gasteiger partial charge in [0.05, 0.1) is 25.1 Å². The van der Waals surface area contributed by atoms with Crippen LogP contribution in [0.25, 0.3) is 0 Å². The molecule has 6 nitrogen and oxygen atoms in total. The number of carbonyl (C=O) groups excluding carboxylic acids is 1. The SMILES string of the molecule is CC(CN)CC(=O)Nc1ccc(N2CCOCC2)nc1. The van der Waals surface area contributed by atoms with E-state index in [4.69, 9.17) is 10.5 Å². The Morgan fingerprint density at radius 2 is 2.25 bits per heavy atom. The number of ether oxygens (including phenoxy) is 1. The van der Waals surface area contributed by atoms with Gasteiger partial charge in [0.25, 0.3) is 0 Å². The summed E-state index contributed by atoms with van der Waals surface area (Å²) in [6, 6.07) is 3.80. The molecule has 20 heavy (non-hydrogen) atoms. The standard InChI is InChI=1S/C14H22N4O2/c1-11(9-15)8-14(19)17-12-2-3-13(16-10-12)18-4-6-20-7-5-18/h2-3,10-11H,4-9,15H2,1H3,(H,17,19). The zero-order chi connectivity index (χ0) is 14.4. The molecule has 1 aromatic heterocycles. The molecule has 0 spiro atoms. The van der Waals surface area contributed by atoms with Crippen molar-refractivity contribution in [2.75, 3.05) is 43.1 Å². The van der Waals surface area contributed by atoms with Gasteiger partial charge in [-0.3, -0.25) is 4.79 Å². The van der Waals surface area contributed by atoms with Gasteiger partial charge < -0.3 is 20.7 Å². The molecule has 110 valence electrons. The van der Waals surface area contributed by atoms with Crippen molar-refractivity contribution >= 4 is 17.4 Å². The van der Waals surface area contributed by atoms with Gasteiger partial charge in [0.1, 0.15) is 5.82 Å². The number of amides is 1. The van der Waals surface area contributed by atoms with E-state index >= 15 is 0 Å². The third-order valence-electron chi connectivity index (χ3n) is 3.30. The highest BCUT2D eigenvalue weighted by atomic mass is 16.5. The quantitative estimate of drug-likeness (QED) is 0.834. The van der Waals surface area contributed by atoms with Crippen LogP contribution in [0.5, 0.6) is 0 Å². The van der Waals surface area contributed by atoms with Crippen LogP contribution < -0.4 is 16.0 Å². The Balaban J connectivity index is 1.89. The van der Waals surface area contributed by atoms with Crippen LogP contribution in [0, 0.1) is 5.92 Å². The van der Waals surface area contributed by atoms with E-state index in [9.17, 15) is 4.79 Å². The number of hydrogen-bond acceptors (Lipinski definition) is 5. The monoisotopic (exact) mass is 278 g/mol. The minimum Gasteiger partial charge on any atom is -0.378 e. The van der Waals surface area contributed by atoms with Crippen molar-refractivity contribution in [3.05, 3.63) is 18.3 Å². The summed E-state index contributed by atoms with van der Waals surface area (Å²) in [4.78, 5) is 18.3. The predicted octanol–water partition coefficient (Wildman–Crippen LogP) is 0.842. The molecule has 1 fully saturated rings. The summed E-state index contributed by atoms with van der Waals surface area (Å²) in [7, 11) is 0. The van der Waals surface area contributed by atoms with E-state index in [1.807, 2.05) is 19.1 Å². The van der Waals surface area contributed by atoms with Gasteiger partial charge in [0.15, 0.2) is 0 Å². The second-order valence-electron chi connectivity index (χ2n) is 5.10. The normalized spacial score (nSPS) is 16.8. The van der Waals surface area contributed by atoms with Crippen molar-refractivity contribution in [3.63, 3.8) is 0 Å².